The molecule has 2 unspecified atom stereocenters. The van der Waals surface area contributed by atoms with Crippen LogP contribution in [0, 0.1) is 5.92 Å². The van der Waals surface area contributed by atoms with Gasteiger partial charge < -0.3 is 14.8 Å². The summed E-state index contributed by atoms with van der Waals surface area (Å²) in [5, 5.41) is 3.54. The van der Waals surface area contributed by atoms with E-state index in [9.17, 15) is 0 Å². The van der Waals surface area contributed by atoms with Gasteiger partial charge in [-0.25, -0.2) is 0 Å². The molecule has 0 aliphatic rings. The van der Waals surface area contributed by atoms with Gasteiger partial charge in [-0.05, 0) is 32.7 Å². The summed E-state index contributed by atoms with van der Waals surface area (Å²) in [4.78, 5) is 0. The molecule has 3 heteroatoms. The molecular weight excluding hydrogens is 202 g/mol. The van der Waals surface area contributed by atoms with E-state index in [4.69, 9.17) is 9.47 Å². The lowest BCUT2D eigenvalue weighted by molar-refractivity contribution is -0.161. The van der Waals surface area contributed by atoms with Crippen LogP contribution in [0.25, 0.3) is 0 Å². The third kappa shape index (κ3) is 5.83. The van der Waals surface area contributed by atoms with Gasteiger partial charge in [0.15, 0.2) is 6.29 Å². The van der Waals surface area contributed by atoms with Gasteiger partial charge in [0, 0.05) is 13.2 Å². The predicted octanol–water partition coefficient (Wildman–Crippen LogP) is 2.80. The summed E-state index contributed by atoms with van der Waals surface area (Å²) in [6.07, 6.45) is 2.16. The molecule has 0 fully saturated rings. The summed E-state index contributed by atoms with van der Waals surface area (Å²) in [6, 6.07) is 0.296. The minimum Gasteiger partial charge on any atom is -0.351 e. The molecule has 0 aliphatic heterocycles. The smallest absolute Gasteiger partial charge is 0.172 e. The first-order chi connectivity index (χ1) is 7.71. The fourth-order valence-corrected chi connectivity index (χ4v) is 1.71. The van der Waals surface area contributed by atoms with E-state index in [-0.39, 0.29) is 6.29 Å². The topological polar surface area (TPSA) is 30.5 Å². The van der Waals surface area contributed by atoms with Crippen molar-refractivity contribution in [1.82, 2.24) is 5.32 Å². The number of hydrogen-bond acceptors (Lipinski definition) is 3. The summed E-state index contributed by atoms with van der Waals surface area (Å²) in [5.74, 6) is 0.564. The molecule has 0 saturated carbocycles. The quantitative estimate of drug-likeness (QED) is 0.586. The van der Waals surface area contributed by atoms with E-state index in [1.165, 1.54) is 0 Å². The number of rotatable bonds is 10. The van der Waals surface area contributed by atoms with Crippen molar-refractivity contribution in [1.29, 1.82) is 0 Å². The Labute approximate surface area is 101 Å². The minimum absolute atomic E-state index is 0.114. The third-order valence-corrected chi connectivity index (χ3v) is 2.84. The lowest BCUT2D eigenvalue weighted by Crippen LogP contribution is -2.47. The first kappa shape index (κ1) is 15.9. The van der Waals surface area contributed by atoms with Crippen molar-refractivity contribution >= 4 is 0 Å². The normalized spacial score (nSPS) is 15.4. The Morgan fingerprint density at radius 1 is 1.00 bits per heavy atom. The fourth-order valence-electron chi connectivity index (χ4n) is 1.71. The van der Waals surface area contributed by atoms with E-state index in [1.807, 2.05) is 13.8 Å². The molecule has 0 bridgehead atoms. The Hall–Kier alpha value is -0.120. The van der Waals surface area contributed by atoms with Crippen LogP contribution < -0.4 is 5.32 Å². The summed E-state index contributed by atoms with van der Waals surface area (Å²) < 4.78 is 11.4. The van der Waals surface area contributed by atoms with Crippen LogP contribution in [-0.4, -0.2) is 32.1 Å². The van der Waals surface area contributed by atoms with Gasteiger partial charge in [0.1, 0.15) is 0 Å². The third-order valence-electron chi connectivity index (χ3n) is 2.84. The monoisotopic (exact) mass is 231 g/mol. The van der Waals surface area contributed by atoms with Crippen molar-refractivity contribution in [3.05, 3.63) is 0 Å². The second-order valence-electron chi connectivity index (χ2n) is 4.14. The lowest BCUT2D eigenvalue weighted by Gasteiger charge is -2.31. The zero-order valence-electron chi connectivity index (χ0n) is 11.6. The van der Waals surface area contributed by atoms with Gasteiger partial charge in [0.25, 0.3) is 0 Å². The average molecular weight is 231 g/mol. The maximum absolute atomic E-state index is 5.68. The van der Waals surface area contributed by atoms with Crippen molar-refractivity contribution in [2.45, 2.75) is 59.8 Å². The van der Waals surface area contributed by atoms with E-state index in [0.717, 1.165) is 19.4 Å². The van der Waals surface area contributed by atoms with Gasteiger partial charge in [0.05, 0.1) is 6.04 Å². The maximum atomic E-state index is 5.68. The molecule has 0 rings (SSSR count). The second kappa shape index (κ2) is 10.1. The number of hydrogen-bond donors (Lipinski definition) is 1. The van der Waals surface area contributed by atoms with Gasteiger partial charge >= 0.3 is 0 Å². The SMILES string of the molecule is CCCNC(C(C)CC)C(OCC)OCC. The molecule has 0 heterocycles. The molecule has 0 amide bonds. The van der Waals surface area contributed by atoms with Crippen LogP contribution in [0.2, 0.25) is 0 Å². The van der Waals surface area contributed by atoms with E-state index < -0.39 is 0 Å². The Bertz CT molecular complexity index is 147. The van der Waals surface area contributed by atoms with Gasteiger partial charge in [0.2, 0.25) is 0 Å². The van der Waals surface area contributed by atoms with Gasteiger partial charge in [-0.2, -0.15) is 0 Å². The molecule has 98 valence electrons. The molecule has 0 saturated heterocycles. The van der Waals surface area contributed by atoms with Crippen molar-refractivity contribution < 1.29 is 9.47 Å². The number of ether oxygens (including phenoxy) is 2. The molecular formula is C13H29NO2. The Balaban J connectivity index is 4.38. The average Bonchev–Trinajstić information content (AvgIpc) is 2.29. The molecule has 0 aromatic carbocycles. The molecule has 16 heavy (non-hydrogen) atoms. The van der Waals surface area contributed by atoms with Crippen LogP contribution in [-0.2, 0) is 9.47 Å². The summed E-state index contributed by atoms with van der Waals surface area (Å²) in [6.45, 7) is 13.1. The van der Waals surface area contributed by atoms with Gasteiger partial charge in [-0.3, -0.25) is 0 Å². The fraction of sp³-hybridized carbons (Fsp3) is 1.00. The van der Waals surface area contributed by atoms with Crippen molar-refractivity contribution in [3.63, 3.8) is 0 Å². The zero-order valence-corrected chi connectivity index (χ0v) is 11.6. The largest absolute Gasteiger partial charge is 0.351 e. The van der Waals surface area contributed by atoms with Crippen LogP contribution in [0.5, 0.6) is 0 Å². The highest BCUT2D eigenvalue weighted by Gasteiger charge is 2.26. The predicted molar refractivity (Wildman–Crippen MR) is 68.6 cm³/mol. The highest BCUT2D eigenvalue weighted by molar-refractivity contribution is 4.76. The molecule has 0 aromatic heterocycles. The molecule has 2 atom stereocenters. The summed E-state index contributed by atoms with van der Waals surface area (Å²) in [7, 11) is 0. The first-order valence-electron chi connectivity index (χ1n) is 6.67. The molecule has 3 nitrogen and oxygen atoms in total. The zero-order chi connectivity index (χ0) is 12.4. The Morgan fingerprint density at radius 2 is 1.56 bits per heavy atom. The van der Waals surface area contributed by atoms with E-state index in [0.29, 0.717) is 25.2 Å². The van der Waals surface area contributed by atoms with E-state index in [2.05, 4.69) is 26.1 Å². The van der Waals surface area contributed by atoms with Gasteiger partial charge in [-0.15, -0.1) is 0 Å². The maximum Gasteiger partial charge on any atom is 0.172 e. The highest BCUT2D eigenvalue weighted by Crippen LogP contribution is 2.15. The summed E-state index contributed by atoms with van der Waals surface area (Å²) in [5.41, 5.74) is 0. The van der Waals surface area contributed by atoms with Crippen LogP contribution in [0.4, 0.5) is 0 Å². The van der Waals surface area contributed by atoms with Crippen LogP contribution >= 0.6 is 0 Å². The Kier molecular flexibility index (Phi) is 9.99. The molecule has 0 aliphatic carbocycles. The van der Waals surface area contributed by atoms with Crippen molar-refractivity contribution in [2.24, 2.45) is 5.92 Å². The first-order valence-corrected chi connectivity index (χ1v) is 6.67. The van der Waals surface area contributed by atoms with Crippen molar-refractivity contribution in [3.8, 4) is 0 Å². The molecule has 1 N–H and O–H groups in total. The number of nitrogens with one attached hydrogen (secondary N) is 1. The second-order valence-corrected chi connectivity index (χ2v) is 4.14. The van der Waals surface area contributed by atoms with E-state index in [1.54, 1.807) is 0 Å². The van der Waals surface area contributed by atoms with Crippen LogP contribution in [0.1, 0.15) is 47.5 Å². The highest BCUT2D eigenvalue weighted by atomic mass is 16.7. The molecule has 0 aromatic rings. The lowest BCUT2D eigenvalue weighted by atomic mass is 9.98. The Morgan fingerprint density at radius 3 is 1.94 bits per heavy atom. The van der Waals surface area contributed by atoms with Crippen molar-refractivity contribution in [2.75, 3.05) is 19.8 Å². The molecule has 0 radical (unpaired) electrons. The van der Waals surface area contributed by atoms with Crippen LogP contribution in [0.3, 0.4) is 0 Å². The standard InChI is InChI=1S/C13H29NO2/c1-6-10-14-12(11(5)7-2)13(15-8-3)16-9-4/h11-14H,6-10H2,1-5H3. The molecule has 0 spiro atoms. The van der Waals surface area contributed by atoms with Gasteiger partial charge in [-0.1, -0.05) is 27.2 Å². The van der Waals surface area contributed by atoms with Crippen LogP contribution in [0.15, 0.2) is 0 Å². The summed E-state index contributed by atoms with van der Waals surface area (Å²) >= 11 is 0. The minimum atomic E-state index is -0.114. The van der Waals surface area contributed by atoms with E-state index >= 15 is 0 Å².